The van der Waals surface area contributed by atoms with E-state index in [2.05, 4.69) is 15.6 Å². The Morgan fingerprint density at radius 1 is 1.18 bits per heavy atom. The summed E-state index contributed by atoms with van der Waals surface area (Å²) in [7, 11) is 0. The molecule has 7 heteroatoms. The maximum atomic E-state index is 11.7. The summed E-state index contributed by atoms with van der Waals surface area (Å²) in [5.41, 5.74) is 0. The van der Waals surface area contributed by atoms with E-state index in [1.165, 1.54) is 6.20 Å². The molecule has 0 bridgehead atoms. The van der Waals surface area contributed by atoms with E-state index in [0.717, 1.165) is 0 Å². The number of amides is 2. The van der Waals surface area contributed by atoms with Gasteiger partial charge in [-0.25, -0.2) is 9.78 Å². The van der Waals surface area contributed by atoms with E-state index in [1.54, 1.807) is 24.3 Å². The van der Waals surface area contributed by atoms with Crippen molar-refractivity contribution < 1.29 is 14.3 Å². The van der Waals surface area contributed by atoms with Crippen LogP contribution in [0.3, 0.4) is 0 Å². The highest BCUT2D eigenvalue weighted by atomic mass is 35.5. The summed E-state index contributed by atoms with van der Waals surface area (Å²) in [4.78, 5) is 15.7. The molecule has 6 nitrogen and oxygen atoms in total. The zero-order chi connectivity index (χ0) is 15.8. The lowest BCUT2D eigenvalue weighted by Gasteiger charge is -2.12. The Morgan fingerprint density at radius 3 is 2.55 bits per heavy atom. The largest absolute Gasteiger partial charge is 0.490 e. The first-order valence-electron chi connectivity index (χ1n) is 6.70. The van der Waals surface area contributed by atoms with Crippen molar-refractivity contribution in [3.05, 3.63) is 47.6 Å². The maximum absolute atomic E-state index is 11.7. The number of anilines is 1. The van der Waals surface area contributed by atoms with Gasteiger partial charge in [-0.15, -0.1) is 0 Å². The van der Waals surface area contributed by atoms with Crippen LogP contribution in [0.25, 0.3) is 0 Å². The molecule has 0 spiro atoms. The standard InChI is InChI=1S/C15H16ClN3O3/c1-2-21-12-5-3-4-6-13(12)22-10-18-15(20)19-14-8-7-11(16)9-17-14/h3-9H,2,10H2,1H3,(H2,17,18,19,20). The van der Waals surface area contributed by atoms with Crippen LogP contribution in [0.2, 0.25) is 5.02 Å². The van der Waals surface area contributed by atoms with Crippen LogP contribution >= 0.6 is 11.6 Å². The topological polar surface area (TPSA) is 72.5 Å². The fourth-order valence-corrected chi connectivity index (χ4v) is 1.75. The third kappa shape index (κ3) is 4.82. The van der Waals surface area contributed by atoms with Crippen LogP contribution in [0, 0.1) is 0 Å². The Bertz CT molecular complexity index is 620. The summed E-state index contributed by atoms with van der Waals surface area (Å²) in [6, 6.07) is 10.1. The van der Waals surface area contributed by atoms with Gasteiger partial charge in [0.15, 0.2) is 18.2 Å². The fourth-order valence-electron chi connectivity index (χ4n) is 1.63. The number of benzene rings is 1. The van der Waals surface area contributed by atoms with Crippen molar-refractivity contribution in [2.24, 2.45) is 0 Å². The molecule has 0 saturated heterocycles. The van der Waals surface area contributed by atoms with Crippen LogP contribution in [0.15, 0.2) is 42.6 Å². The minimum absolute atomic E-state index is 0.00348. The molecular formula is C15H16ClN3O3. The molecule has 0 atom stereocenters. The second kappa shape index (κ2) is 8.09. The molecule has 2 N–H and O–H groups in total. The zero-order valence-corrected chi connectivity index (χ0v) is 12.8. The molecule has 0 unspecified atom stereocenters. The summed E-state index contributed by atoms with van der Waals surface area (Å²) in [5, 5.41) is 5.63. The Kier molecular flexibility index (Phi) is 5.85. The fraction of sp³-hybridized carbons (Fsp3) is 0.200. The molecule has 0 radical (unpaired) electrons. The number of carbonyl (C=O) groups excluding carboxylic acids is 1. The van der Waals surface area contributed by atoms with Gasteiger partial charge in [0.1, 0.15) is 5.82 Å². The van der Waals surface area contributed by atoms with Crippen LogP contribution in [0.5, 0.6) is 11.5 Å². The van der Waals surface area contributed by atoms with Crippen LogP contribution in [0.4, 0.5) is 10.6 Å². The molecule has 116 valence electrons. The smallest absolute Gasteiger partial charge is 0.323 e. The number of aromatic nitrogens is 1. The van der Waals surface area contributed by atoms with Crippen LogP contribution in [-0.4, -0.2) is 24.4 Å². The third-order valence-electron chi connectivity index (χ3n) is 2.58. The molecule has 2 rings (SSSR count). The predicted octanol–water partition coefficient (Wildman–Crippen LogP) is 3.29. The third-order valence-corrected chi connectivity index (χ3v) is 2.80. The van der Waals surface area contributed by atoms with Gasteiger partial charge in [-0.05, 0) is 31.2 Å². The van der Waals surface area contributed by atoms with Gasteiger partial charge in [0.25, 0.3) is 0 Å². The molecule has 0 saturated carbocycles. The van der Waals surface area contributed by atoms with Crippen LogP contribution in [0.1, 0.15) is 6.92 Å². The van der Waals surface area contributed by atoms with Gasteiger partial charge in [0.05, 0.1) is 11.6 Å². The molecule has 0 aliphatic carbocycles. The number of nitrogens with one attached hydrogen (secondary N) is 2. The number of hydrogen-bond donors (Lipinski definition) is 2. The number of ether oxygens (including phenoxy) is 2. The Balaban J connectivity index is 1.81. The van der Waals surface area contributed by atoms with Gasteiger partial charge >= 0.3 is 6.03 Å². The first kappa shape index (κ1) is 15.9. The lowest BCUT2D eigenvalue weighted by Crippen LogP contribution is -2.32. The van der Waals surface area contributed by atoms with Gasteiger partial charge in [-0.1, -0.05) is 23.7 Å². The van der Waals surface area contributed by atoms with E-state index in [9.17, 15) is 4.79 Å². The quantitative estimate of drug-likeness (QED) is 0.801. The number of rotatable bonds is 6. The van der Waals surface area contributed by atoms with E-state index in [-0.39, 0.29) is 6.73 Å². The lowest BCUT2D eigenvalue weighted by molar-refractivity contribution is 0.229. The number of urea groups is 1. The molecule has 0 fully saturated rings. The van der Waals surface area contributed by atoms with Crippen molar-refractivity contribution in [3.63, 3.8) is 0 Å². The molecule has 2 amide bonds. The molecule has 1 aromatic carbocycles. The Labute approximate surface area is 133 Å². The highest BCUT2D eigenvalue weighted by Crippen LogP contribution is 2.25. The van der Waals surface area contributed by atoms with Gasteiger partial charge in [-0.2, -0.15) is 0 Å². The second-order valence-corrected chi connectivity index (χ2v) is 4.60. The summed E-state index contributed by atoms with van der Waals surface area (Å²) in [5.74, 6) is 1.59. The normalized spacial score (nSPS) is 9.91. The van der Waals surface area contributed by atoms with Crippen molar-refractivity contribution in [2.45, 2.75) is 6.92 Å². The average molecular weight is 322 g/mol. The number of halogens is 1. The minimum Gasteiger partial charge on any atom is -0.490 e. The van der Waals surface area contributed by atoms with Crippen molar-refractivity contribution >= 4 is 23.4 Å². The number of carbonyl (C=O) groups is 1. The summed E-state index contributed by atoms with van der Waals surface area (Å²) in [6.07, 6.45) is 1.45. The summed E-state index contributed by atoms with van der Waals surface area (Å²) >= 11 is 5.72. The SMILES string of the molecule is CCOc1ccccc1OCNC(=O)Nc1ccc(Cl)cn1. The monoisotopic (exact) mass is 321 g/mol. The van der Waals surface area contributed by atoms with E-state index in [4.69, 9.17) is 21.1 Å². The maximum Gasteiger partial charge on any atom is 0.323 e. The van der Waals surface area contributed by atoms with E-state index in [0.29, 0.717) is 28.9 Å². The zero-order valence-electron chi connectivity index (χ0n) is 12.0. The lowest BCUT2D eigenvalue weighted by atomic mass is 10.3. The first-order valence-corrected chi connectivity index (χ1v) is 7.08. The molecular weight excluding hydrogens is 306 g/mol. The molecule has 2 aromatic rings. The number of nitrogens with zero attached hydrogens (tertiary/aromatic N) is 1. The van der Waals surface area contributed by atoms with Crippen molar-refractivity contribution in [3.8, 4) is 11.5 Å². The highest BCUT2D eigenvalue weighted by molar-refractivity contribution is 6.30. The van der Waals surface area contributed by atoms with Crippen LogP contribution < -0.4 is 20.1 Å². The summed E-state index contributed by atoms with van der Waals surface area (Å²) < 4.78 is 10.9. The van der Waals surface area contributed by atoms with Gasteiger partial charge in [0.2, 0.25) is 0 Å². The van der Waals surface area contributed by atoms with Crippen molar-refractivity contribution in [2.75, 3.05) is 18.7 Å². The minimum atomic E-state index is -0.427. The van der Waals surface area contributed by atoms with Crippen LogP contribution in [-0.2, 0) is 0 Å². The van der Waals surface area contributed by atoms with Crippen molar-refractivity contribution in [1.29, 1.82) is 0 Å². The molecule has 1 heterocycles. The van der Waals surface area contributed by atoms with E-state index in [1.807, 2.05) is 19.1 Å². The van der Waals surface area contributed by atoms with Gasteiger partial charge < -0.3 is 14.8 Å². The van der Waals surface area contributed by atoms with Crippen molar-refractivity contribution in [1.82, 2.24) is 10.3 Å². The second-order valence-electron chi connectivity index (χ2n) is 4.16. The van der Waals surface area contributed by atoms with Gasteiger partial charge in [0, 0.05) is 6.20 Å². The van der Waals surface area contributed by atoms with Gasteiger partial charge in [-0.3, -0.25) is 5.32 Å². The predicted molar refractivity (Wildman–Crippen MR) is 84.5 cm³/mol. The number of para-hydroxylation sites is 2. The molecule has 0 aliphatic heterocycles. The van der Waals surface area contributed by atoms with E-state index < -0.39 is 6.03 Å². The molecule has 1 aromatic heterocycles. The molecule has 0 aliphatic rings. The average Bonchev–Trinajstić information content (AvgIpc) is 2.51. The Morgan fingerprint density at radius 2 is 1.91 bits per heavy atom. The number of hydrogen-bond acceptors (Lipinski definition) is 4. The summed E-state index contributed by atoms with van der Waals surface area (Å²) in [6.45, 7) is 2.43. The van der Waals surface area contributed by atoms with E-state index >= 15 is 0 Å². The number of pyridine rings is 1. The molecule has 22 heavy (non-hydrogen) atoms. The highest BCUT2D eigenvalue weighted by Gasteiger charge is 2.05. The Hall–Kier alpha value is -2.47. The first-order chi connectivity index (χ1) is 10.7.